The second kappa shape index (κ2) is 2.23. The number of ether oxygens (including phenoxy) is 1. The quantitative estimate of drug-likeness (QED) is 0.408. The third kappa shape index (κ3) is 1.41. The highest BCUT2D eigenvalue weighted by Gasteiger charge is 2.06. The van der Waals surface area contributed by atoms with Crippen LogP contribution < -0.4 is 0 Å². The summed E-state index contributed by atoms with van der Waals surface area (Å²) in [4.78, 5) is 0. The molecule has 0 atom stereocenters. The Morgan fingerprint density at radius 3 is 2.14 bits per heavy atom. The zero-order chi connectivity index (χ0) is 5.11. The van der Waals surface area contributed by atoms with Gasteiger partial charge in [-0.1, -0.05) is 0 Å². The lowest BCUT2D eigenvalue weighted by Gasteiger charge is -2.16. The van der Waals surface area contributed by atoms with Crippen LogP contribution in [0.15, 0.2) is 0 Å². The molecule has 0 bridgehead atoms. The van der Waals surface area contributed by atoms with E-state index in [-0.39, 0.29) is 0 Å². The van der Waals surface area contributed by atoms with E-state index in [4.69, 9.17) is 4.74 Å². The van der Waals surface area contributed by atoms with Crippen molar-refractivity contribution in [2.45, 2.75) is 0 Å². The summed E-state index contributed by atoms with van der Waals surface area (Å²) < 4.78 is 16.8. The average molecular weight is 105 g/mol. The summed E-state index contributed by atoms with van der Waals surface area (Å²) in [5.41, 5.74) is 0. The molecule has 0 aliphatic carbocycles. The third-order valence-corrected chi connectivity index (χ3v) is 0.957. The van der Waals surface area contributed by atoms with Crippen molar-refractivity contribution in [3.05, 3.63) is 0 Å². The van der Waals surface area contributed by atoms with E-state index in [0.717, 1.165) is 5.12 Å². The van der Waals surface area contributed by atoms with Gasteiger partial charge in [-0.3, -0.25) is 0 Å². The van der Waals surface area contributed by atoms with E-state index in [0.29, 0.717) is 26.3 Å². The van der Waals surface area contributed by atoms with E-state index >= 15 is 0 Å². The van der Waals surface area contributed by atoms with Crippen LogP contribution in [0.5, 0.6) is 0 Å². The monoisotopic (exact) mass is 105 g/mol. The minimum Gasteiger partial charge on any atom is -0.379 e. The van der Waals surface area contributed by atoms with E-state index in [1.54, 1.807) is 0 Å². The zero-order valence-electron chi connectivity index (χ0n) is 4.06. The Morgan fingerprint density at radius 1 is 1.29 bits per heavy atom. The highest BCUT2D eigenvalue weighted by molar-refractivity contribution is 4.49. The van der Waals surface area contributed by atoms with Gasteiger partial charge in [0.25, 0.3) is 0 Å². The van der Waals surface area contributed by atoms with Crippen LogP contribution in [0, 0.1) is 0 Å². The fraction of sp³-hybridized carbons (Fsp3) is 1.00. The summed E-state index contributed by atoms with van der Waals surface area (Å²) in [5, 5.41) is 0.767. The van der Waals surface area contributed by atoms with Gasteiger partial charge in [0.1, 0.15) is 0 Å². The molecule has 0 unspecified atom stereocenters. The van der Waals surface area contributed by atoms with E-state index in [9.17, 15) is 4.48 Å². The van der Waals surface area contributed by atoms with E-state index in [1.165, 1.54) is 0 Å². The number of morpholine rings is 1. The van der Waals surface area contributed by atoms with Crippen LogP contribution >= 0.6 is 0 Å². The van der Waals surface area contributed by atoms with Gasteiger partial charge >= 0.3 is 0 Å². The van der Waals surface area contributed by atoms with Crippen molar-refractivity contribution in [2.24, 2.45) is 0 Å². The van der Waals surface area contributed by atoms with Crippen molar-refractivity contribution >= 4 is 0 Å². The zero-order valence-corrected chi connectivity index (χ0v) is 4.06. The highest BCUT2D eigenvalue weighted by Crippen LogP contribution is 1.94. The second-order valence-corrected chi connectivity index (χ2v) is 1.52. The number of hydrogen-bond donors (Lipinski definition) is 0. The summed E-state index contributed by atoms with van der Waals surface area (Å²) in [5.74, 6) is 0. The van der Waals surface area contributed by atoms with Gasteiger partial charge in [0, 0.05) is 0 Å². The molecule has 1 heterocycles. The first-order valence-electron chi connectivity index (χ1n) is 2.38. The molecular formula is C4H8FNO. The lowest BCUT2D eigenvalue weighted by Crippen LogP contribution is -2.29. The van der Waals surface area contributed by atoms with Gasteiger partial charge in [-0.15, -0.1) is 9.60 Å². The predicted molar refractivity (Wildman–Crippen MR) is 23.5 cm³/mol. The van der Waals surface area contributed by atoms with Crippen molar-refractivity contribution in [2.75, 3.05) is 26.3 Å². The molecule has 1 saturated heterocycles. The van der Waals surface area contributed by atoms with Gasteiger partial charge in [0.15, 0.2) is 0 Å². The van der Waals surface area contributed by atoms with Crippen LogP contribution in [0.2, 0.25) is 0 Å². The molecule has 1 aliphatic rings. The van der Waals surface area contributed by atoms with Gasteiger partial charge < -0.3 is 4.74 Å². The number of hydrogen-bond acceptors (Lipinski definition) is 2. The summed E-state index contributed by atoms with van der Waals surface area (Å²) in [7, 11) is 0. The first-order chi connectivity index (χ1) is 3.39. The van der Waals surface area contributed by atoms with Crippen LogP contribution in [-0.4, -0.2) is 31.4 Å². The molecule has 0 saturated carbocycles. The van der Waals surface area contributed by atoms with Gasteiger partial charge in [-0.2, -0.15) is 0 Å². The Hall–Kier alpha value is -0.150. The fourth-order valence-electron chi connectivity index (χ4n) is 0.541. The summed E-state index contributed by atoms with van der Waals surface area (Å²) in [6.07, 6.45) is 0. The Morgan fingerprint density at radius 2 is 1.86 bits per heavy atom. The average Bonchev–Trinajstić information content (AvgIpc) is 1.69. The molecule has 0 spiro atoms. The summed E-state index contributed by atoms with van der Waals surface area (Å²) >= 11 is 0. The van der Waals surface area contributed by atoms with Gasteiger partial charge in [0.2, 0.25) is 0 Å². The van der Waals surface area contributed by atoms with Crippen molar-refractivity contribution in [3.63, 3.8) is 0 Å². The first-order valence-corrected chi connectivity index (χ1v) is 2.38. The van der Waals surface area contributed by atoms with Crippen LogP contribution in [-0.2, 0) is 4.74 Å². The molecule has 1 aliphatic heterocycles. The normalized spacial score (nSPS) is 25.3. The lowest BCUT2D eigenvalue weighted by atomic mass is 10.5. The molecule has 1 rings (SSSR count). The summed E-state index contributed by atoms with van der Waals surface area (Å²) in [6.45, 7) is 1.94. The lowest BCUT2D eigenvalue weighted by molar-refractivity contribution is -0.0657. The van der Waals surface area contributed by atoms with E-state index < -0.39 is 0 Å². The molecular weight excluding hydrogens is 97.0 g/mol. The van der Waals surface area contributed by atoms with Gasteiger partial charge in [-0.25, -0.2) is 0 Å². The second-order valence-electron chi connectivity index (χ2n) is 1.52. The third-order valence-electron chi connectivity index (χ3n) is 0.957. The molecule has 0 amide bonds. The Labute approximate surface area is 41.8 Å². The SMILES string of the molecule is FN1CCOCC1. The molecule has 1 fully saturated rings. The molecule has 0 N–H and O–H groups in total. The summed E-state index contributed by atoms with van der Waals surface area (Å²) in [6, 6.07) is 0. The smallest absolute Gasteiger partial charge is 0.0620 e. The Bertz CT molecular complexity index is 53.7. The van der Waals surface area contributed by atoms with Crippen molar-refractivity contribution < 1.29 is 9.22 Å². The fourth-order valence-corrected chi connectivity index (χ4v) is 0.541. The highest BCUT2D eigenvalue weighted by atomic mass is 19.2. The minimum atomic E-state index is 0.431. The van der Waals surface area contributed by atoms with Crippen molar-refractivity contribution in [1.82, 2.24) is 5.12 Å². The van der Waals surface area contributed by atoms with Crippen LogP contribution in [0.4, 0.5) is 4.48 Å². The van der Waals surface area contributed by atoms with Crippen LogP contribution in [0.3, 0.4) is 0 Å². The largest absolute Gasteiger partial charge is 0.379 e. The Balaban J connectivity index is 2.12. The molecule has 3 heteroatoms. The van der Waals surface area contributed by atoms with Gasteiger partial charge in [0.05, 0.1) is 26.3 Å². The maximum Gasteiger partial charge on any atom is 0.0620 e. The number of halogens is 1. The molecule has 2 nitrogen and oxygen atoms in total. The standard InChI is InChI=1S/C4H8FNO/c5-6-1-3-7-4-2-6/h1-4H2. The van der Waals surface area contributed by atoms with Crippen molar-refractivity contribution in [3.8, 4) is 0 Å². The topological polar surface area (TPSA) is 12.5 Å². The molecule has 0 radical (unpaired) electrons. The molecule has 7 heavy (non-hydrogen) atoms. The van der Waals surface area contributed by atoms with E-state index in [1.807, 2.05) is 0 Å². The van der Waals surface area contributed by atoms with E-state index in [2.05, 4.69) is 0 Å². The number of nitrogens with zero attached hydrogens (tertiary/aromatic N) is 1. The molecule has 0 aromatic heterocycles. The minimum absolute atomic E-state index is 0.431. The molecule has 42 valence electrons. The maximum absolute atomic E-state index is 11.9. The van der Waals surface area contributed by atoms with Gasteiger partial charge in [-0.05, 0) is 0 Å². The molecule has 0 aromatic carbocycles. The number of rotatable bonds is 0. The van der Waals surface area contributed by atoms with Crippen LogP contribution in [0.25, 0.3) is 0 Å². The maximum atomic E-state index is 11.9. The van der Waals surface area contributed by atoms with Crippen molar-refractivity contribution in [1.29, 1.82) is 0 Å². The Kier molecular flexibility index (Phi) is 1.59. The molecule has 0 aromatic rings. The predicted octanol–water partition coefficient (Wildman–Crippen LogP) is 0.203. The van der Waals surface area contributed by atoms with Crippen LogP contribution in [0.1, 0.15) is 0 Å². The first kappa shape index (κ1) is 5.00.